The molecule has 0 saturated heterocycles. The van der Waals surface area contributed by atoms with Crippen LogP contribution < -0.4 is 0 Å². The van der Waals surface area contributed by atoms with E-state index in [-0.39, 0.29) is 0 Å². The number of hydrogen-bond donors (Lipinski definition) is 0. The summed E-state index contributed by atoms with van der Waals surface area (Å²) in [6.07, 6.45) is 2.79. The van der Waals surface area contributed by atoms with E-state index in [4.69, 9.17) is 0 Å². The standard InChI is InChI=1S/C10H8NO/c12-7-10-9-4-2-1-3-8(9)5-6-11-10/h1-4H,5-6H2. The van der Waals surface area contributed by atoms with E-state index >= 15 is 0 Å². The van der Waals surface area contributed by atoms with E-state index in [1.54, 1.807) is 0 Å². The van der Waals surface area contributed by atoms with Crippen LogP contribution in [0.1, 0.15) is 11.1 Å². The predicted molar refractivity (Wildman–Crippen MR) is 47.2 cm³/mol. The number of hydrogen-bond acceptors (Lipinski definition) is 2. The van der Waals surface area contributed by atoms with Crippen molar-refractivity contribution in [3.63, 3.8) is 0 Å². The Balaban J connectivity index is 2.55. The normalized spacial score (nSPS) is 14.8. The van der Waals surface area contributed by atoms with Crippen molar-refractivity contribution in [3.8, 4) is 0 Å². The van der Waals surface area contributed by atoms with Gasteiger partial charge in [-0.25, -0.2) is 0 Å². The molecule has 12 heavy (non-hydrogen) atoms. The molecule has 2 heteroatoms. The maximum atomic E-state index is 10.5. The third-order valence-electron chi connectivity index (χ3n) is 2.02. The molecule has 1 aliphatic heterocycles. The summed E-state index contributed by atoms with van der Waals surface area (Å²) >= 11 is 0. The maximum Gasteiger partial charge on any atom is 0.253 e. The van der Waals surface area contributed by atoms with Gasteiger partial charge in [0.15, 0.2) is 0 Å². The Bertz CT molecular complexity index is 341. The molecule has 0 aromatic heterocycles. The van der Waals surface area contributed by atoms with Crippen molar-refractivity contribution in [1.82, 2.24) is 0 Å². The minimum atomic E-state index is 0.469. The van der Waals surface area contributed by atoms with Crippen molar-refractivity contribution in [3.05, 3.63) is 35.4 Å². The van der Waals surface area contributed by atoms with Gasteiger partial charge in [0, 0.05) is 12.1 Å². The zero-order chi connectivity index (χ0) is 8.39. The summed E-state index contributed by atoms with van der Waals surface area (Å²) in [4.78, 5) is 14.5. The van der Waals surface area contributed by atoms with Crippen molar-refractivity contribution >= 4 is 12.0 Å². The second-order valence-corrected chi connectivity index (χ2v) is 2.74. The summed E-state index contributed by atoms with van der Waals surface area (Å²) in [5.41, 5.74) is 2.61. The van der Waals surface area contributed by atoms with E-state index in [1.807, 2.05) is 30.6 Å². The van der Waals surface area contributed by atoms with Gasteiger partial charge in [-0.05, 0) is 12.0 Å². The number of carbonyl (C=O) groups excluding carboxylic acids is 1. The molecule has 0 saturated carbocycles. The molecule has 0 aliphatic carbocycles. The van der Waals surface area contributed by atoms with Crippen molar-refractivity contribution in [1.29, 1.82) is 0 Å². The van der Waals surface area contributed by atoms with Crippen LogP contribution in [-0.2, 0) is 11.2 Å². The third kappa shape index (κ3) is 1.05. The number of benzene rings is 1. The molecule has 1 aliphatic rings. The maximum absolute atomic E-state index is 10.5. The fraction of sp³-hybridized carbons (Fsp3) is 0.200. The van der Waals surface area contributed by atoms with E-state index in [2.05, 4.69) is 4.99 Å². The summed E-state index contributed by atoms with van der Waals surface area (Å²) in [7, 11) is 0. The van der Waals surface area contributed by atoms with E-state index in [0.29, 0.717) is 12.3 Å². The van der Waals surface area contributed by atoms with Gasteiger partial charge in [-0.3, -0.25) is 9.79 Å². The zero-order valence-corrected chi connectivity index (χ0v) is 6.58. The summed E-state index contributed by atoms with van der Waals surface area (Å²) in [6.45, 7) is 0.710. The van der Waals surface area contributed by atoms with Crippen LogP contribution in [0.15, 0.2) is 29.3 Å². The first-order valence-electron chi connectivity index (χ1n) is 3.92. The van der Waals surface area contributed by atoms with Gasteiger partial charge >= 0.3 is 0 Å². The highest BCUT2D eigenvalue weighted by molar-refractivity contribution is 6.37. The molecule has 2 rings (SSSR count). The van der Waals surface area contributed by atoms with Crippen LogP contribution in [0, 0.1) is 0 Å². The Hall–Kier alpha value is -1.44. The zero-order valence-electron chi connectivity index (χ0n) is 6.58. The molecule has 0 N–H and O–H groups in total. The first-order valence-corrected chi connectivity index (χ1v) is 3.92. The lowest BCUT2D eigenvalue weighted by Crippen LogP contribution is -2.13. The smallest absolute Gasteiger partial charge is 0.253 e. The first kappa shape index (κ1) is 7.22. The number of nitrogens with zero attached hydrogens (tertiary/aromatic N) is 1. The Kier molecular flexibility index (Phi) is 1.74. The molecule has 0 atom stereocenters. The molecule has 1 radical (unpaired) electrons. The van der Waals surface area contributed by atoms with Crippen molar-refractivity contribution in [2.24, 2.45) is 4.99 Å². The van der Waals surface area contributed by atoms with Gasteiger partial charge in [-0.15, -0.1) is 0 Å². The number of aliphatic imine (C=N–C) groups is 1. The van der Waals surface area contributed by atoms with Gasteiger partial charge in [0.25, 0.3) is 6.29 Å². The fourth-order valence-electron chi connectivity index (χ4n) is 1.43. The monoisotopic (exact) mass is 158 g/mol. The lowest BCUT2D eigenvalue weighted by atomic mass is 9.99. The van der Waals surface area contributed by atoms with Crippen LogP contribution in [0.3, 0.4) is 0 Å². The molecule has 0 fully saturated rings. The van der Waals surface area contributed by atoms with E-state index in [0.717, 1.165) is 12.0 Å². The molecule has 0 amide bonds. The number of fused-ring (bicyclic) bond motifs is 1. The molecular formula is C10H8NO. The van der Waals surface area contributed by atoms with Crippen LogP contribution in [0.25, 0.3) is 0 Å². The largest absolute Gasteiger partial charge is 0.283 e. The Morgan fingerprint density at radius 2 is 2.17 bits per heavy atom. The Labute approximate surface area is 70.9 Å². The van der Waals surface area contributed by atoms with Gasteiger partial charge in [-0.1, -0.05) is 24.3 Å². The molecule has 1 aromatic carbocycles. The van der Waals surface area contributed by atoms with Crippen LogP contribution in [0.4, 0.5) is 0 Å². The quantitative estimate of drug-likeness (QED) is 0.602. The summed E-state index contributed by atoms with van der Waals surface area (Å²) in [6, 6.07) is 7.84. The van der Waals surface area contributed by atoms with E-state index in [9.17, 15) is 4.79 Å². The molecule has 1 aromatic rings. The molecule has 0 spiro atoms. The van der Waals surface area contributed by atoms with E-state index < -0.39 is 0 Å². The minimum Gasteiger partial charge on any atom is -0.283 e. The molecule has 2 nitrogen and oxygen atoms in total. The van der Waals surface area contributed by atoms with Gasteiger partial charge in [0.2, 0.25) is 0 Å². The van der Waals surface area contributed by atoms with Gasteiger partial charge in [0.05, 0.1) is 0 Å². The lowest BCUT2D eigenvalue weighted by Gasteiger charge is -2.11. The SMILES string of the molecule is O=[C]C1=NCCc2ccccc21. The van der Waals surface area contributed by atoms with Gasteiger partial charge < -0.3 is 0 Å². The molecular weight excluding hydrogens is 150 g/mol. The minimum absolute atomic E-state index is 0.469. The van der Waals surface area contributed by atoms with E-state index in [1.165, 1.54) is 5.56 Å². The highest BCUT2D eigenvalue weighted by Crippen LogP contribution is 2.14. The van der Waals surface area contributed by atoms with Gasteiger partial charge in [0.1, 0.15) is 5.71 Å². The molecule has 0 unspecified atom stereocenters. The van der Waals surface area contributed by atoms with Crippen molar-refractivity contribution < 1.29 is 4.79 Å². The average Bonchev–Trinajstić information content (AvgIpc) is 2.17. The molecule has 0 bridgehead atoms. The van der Waals surface area contributed by atoms with Crippen molar-refractivity contribution in [2.45, 2.75) is 6.42 Å². The van der Waals surface area contributed by atoms with Crippen molar-refractivity contribution in [2.75, 3.05) is 6.54 Å². The molecule has 1 heterocycles. The topological polar surface area (TPSA) is 29.4 Å². The Morgan fingerprint density at radius 1 is 1.33 bits per heavy atom. The van der Waals surface area contributed by atoms with Crippen LogP contribution in [0.2, 0.25) is 0 Å². The van der Waals surface area contributed by atoms with Crippen LogP contribution in [0.5, 0.6) is 0 Å². The lowest BCUT2D eigenvalue weighted by molar-refractivity contribution is 0.566. The van der Waals surface area contributed by atoms with Crippen LogP contribution >= 0.6 is 0 Å². The summed E-state index contributed by atoms with van der Waals surface area (Å²) in [5.74, 6) is 0. The second-order valence-electron chi connectivity index (χ2n) is 2.74. The predicted octanol–water partition coefficient (Wildman–Crippen LogP) is 1.14. The third-order valence-corrected chi connectivity index (χ3v) is 2.02. The highest BCUT2D eigenvalue weighted by atomic mass is 16.1. The van der Waals surface area contributed by atoms with Gasteiger partial charge in [-0.2, -0.15) is 0 Å². The average molecular weight is 158 g/mol. The van der Waals surface area contributed by atoms with Crippen LogP contribution in [-0.4, -0.2) is 18.5 Å². The summed E-state index contributed by atoms with van der Waals surface area (Å²) < 4.78 is 0. The first-order chi connectivity index (χ1) is 5.92. The highest BCUT2D eigenvalue weighted by Gasteiger charge is 2.12. The summed E-state index contributed by atoms with van der Waals surface area (Å²) in [5, 5.41) is 0. The number of rotatable bonds is 1. The second kappa shape index (κ2) is 2.89. The molecule has 59 valence electrons. The fourth-order valence-corrected chi connectivity index (χ4v) is 1.43. The Morgan fingerprint density at radius 3 is 3.00 bits per heavy atom.